The minimum Gasteiger partial charge on any atom is -0.444 e. The first kappa shape index (κ1) is 16.5. The predicted octanol–water partition coefficient (Wildman–Crippen LogP) is 2.89. The van der Waals surface area contributed by atoms with Crippen molar-refractivity contribution in [3.05, 3.63) is 11.8 Å². The van der Waals surface area contributed by atoms with Crippen molar-refractivity contribution in [1.29, 1.82) is 0 Å². The van der Waals surface area contributed by atoms with Gasteiger partial charge in [-0.1, -0.05) is 20.3 Å². The monoisotopic (exact) mass is 282 g/mol. The molecule has 0 saturated heterocycles. The molecule has 6 heteroatoms. The minimum atomic E-state index is -0.515. The number of nitrogens with one attached hydrogen (secondary N) is 3. The third-order valence-electron chi connectivity index (χ3n) is 2.85. The fourth-order valence-corrected chi connectivity index (χ4v) is 1.56. The lowest BCUT2D eigenvalue weighted by Crippen LogP contribution is -2.28. The molecule has 0 radical (unpaired) electrons. The lowest BCUT2D eigenvalue weighted by molar-refractivity contribution is 0.0635. The quantitative estimate of drug-likeness (QED) is 0.749. The fraction of sp³-hybridized carbons (Fsp3) is 0.714. The molecule has 114 valence electrons. The Morgan fingerprint density at radius 2 is 2.20 bits per heavy atom. The van der Waals surface area contributed by atoms with Gasteiger partial charge in [-0.25, -0.2) is 4.79 Å². The van der Waals surface area contributed by atoms with Crippen LogP contribution in [0.5, 0.6) is 0 Å². The van der Waals surface area contributed by atoms with Crippen molar-refractivity contribution < 1.29 is 9.53 Å². The van der Waals surface area contributed by atoms with Gasteiger partial charge in [0, 0.05) is 12.1 Å². The number of aromatic amines is 1. The van der Waals surface area contributed by atoms with Crippen LogP contribution < -0.4 is 10.6 Å². The normalized spacial score (nSPS) is 13.1. The van der Waals surface area contributed by atoms with Gasteiger partial charge in [0.05, 0.1) is 6.20 Å². The van der Waals surface area contributed by atoms with Gasteiger partial charge in [-0.2, -0.15) is 5.10 Å². The molecule has 1 amide bonds. The standard InChI is InChI=1S/C14H26N4O2/c1-6-10(2)7-15-8-11-9-16-18-12(11)17-13(19)20-14(3,4)5/h9-10,15H,6-8H2,1-5H3,(H2,16,17,18,19). The maximum absolute atomic E-state index is 11.7. The Kier molecular flexibility index (Phi) is 6.01. The van der Waals surface area contributed by atoms with E-state index in [4.69, 9.17) is 4.74 Å². The van der Waals surface area contributed by atoms with Gasteiger partial charge in [0.1, 0.15) is 11.4 Å². The van der Waals surface area contributed by atoms with E-state index in [1.165, 1.54) is 0 Å². The zero-order valence-electron chi connectivity index (χ0n) is 13.0. The van der Waals surface area contributed by atoms with E-state index in [0.717, 1.165) is 18.5 Å². The summed E-state index contributed by atoms with van der Waals surface area (Å²) in [5.74, 6) is 1.21. The van der Waals surface area contributed by atoms with Crippen LogP contribution in [0.25, 0.3) is 0 Å². The molecule has 1 heterocycles. The molecule has 1 aromatic heterocycles. The number of amides is 1. The SMILES string of the molecule is CCC(C)CNCc1cn[nH]c1NC(=O)OC(C)(C)C. The molecule has 1 unspecified atom stereocenters. The van der Waals surface area contributed by atoms with Crippen LogP contribution in [0.2, 0.25) is 0 Å². The van der Waals surface area contributed by atoms with Crippen molar-refractivity contribution in [2.75, 3.05) is 11.9 Å². The van der Waals surface area contributed by atoms with Crippen LogP contribution in [0, 0.1) is 5.92 Å². The van der Waals surface area contributed by atoms with E-state index in [1.54, 1.807) is 6.20 Å². The van der Waals surface area contributed by atoms with Gasteiger partial charge in [-0.05, 0) is 33.2 Å². The molecule has 0 bridgehead atoms. The van der Waals surface area contributed by atoms with E-state index in [9.17, 15) is 4.79 Å². The predicted molar refractivity (Wildman–Crippen MR) is 79.6 cm³/mol. The van der Waals surface area contributed by atoms with E-state index in [-0.39, 0.29) is 0 Å². The van der Waals surface area contributed by atoms with E-state index in [0.29, 0.717) is 18.3 Å². The number of carbonyl (C=O) groups is 1. The summed E-state index contributed by atoms with van der Waals surface area (Å²) in [7, 11) is 0. The molecule has 0 spiro atoms. The molecule has 0 aliphatic rings. The van der Waals surface area contributed by atoms with Crippen molar-refractivity contribution in [3.8, 4) is 0 Å². The number of hydrogen-bond acceptors (Lipinski definition) is 4. The van der Waals surface area contributed by atoms with E-state index >= 15 is 0 Å². The van der Waals surface area contributed by atoms with Crippen molar-refractivity contribution in [1.82, 2.24) is 15.5 Å². The van der Waals surface area contributed by atoms with Crippen LogP contribution >= 0.6 is 0 Å². The van der Waals surface area contributed by atoms with Crippen LogP contribution in [-0.4, -0.2) is 28.4 Å². The molecule has 6 nitrogen and oxygen atoms in total. The van der Waals surface area contributed by atoms with Crippen LogP contribution in [-0.2, 0) is 11.3 Å². The molecule has 1 rings (SSSR count). The molecule has 0 fully saturated rings. The average molecular weight is 282 g/mol. The first-order chi connectivity index (χ1) is 9.31. The van der Waals surface area contributed by atoms with E-state index < -0.39 is 11.7 Å². The number of rotatable bonds is 6. The van der Waals surface area contributed by atoms with Crippen LogP contribution in [0.1, 0.15) is 46.6 Å². The van der Waals surface area contributed by atoms with Gasteiger partial charge in [0.15, 0.2) is 0 Å². The van der Waals surface area contributed by atoms with Gasteiger partial charge >= 0.3 is 6.09 Å². The zero-order valence-corrected chi connectivity index (χ0v) is 13.0. The topological polar surface area (TPSA) is 79.0 Å². The van der Waals surface area contributed by atoms with Gasteiger partial charge in [-0.15, -0.1) is 0 Å². The summed E-state index contributed by atoms with van der Waals surface area (Å²) in [5, 5.41) is 12.8. The molecular formula is C14H26N4O2. The number of anilines is 1. The average Bonchev–Trinajstić information content (AvgIpc) is 2.74. The highest BCUT2D eigenvalue weighted by Crippen LogP contribution is 2.14. The van der Waals surface area contributed by atoms with E-state index in [2.05, 4.69) is 34.7 Å². The van der Waals surface area contributed by atoms with Crippen LogP contribution in [0.3, 0.4) is 0 Å². The summed E-state index contributed by atoms with van der Waals surface area (Å²) in [6.45, 7) is 11.4. The van der Waals surface area contributed by atoms with Crippen molar-refractivity contribution >= 4 is 11.9 Å². The Hall–Kier alpha value is -1.56. The number of ether oxygens (including phenoxy) is 1. The van der Waals surface area contributed by atoms with Crippen LogP contribution in [0.4, 0.5) is 10.6 Å². The van der Waals surface area contributed by atoms with Crippen molar-refractivity contribution in [2.24, 2.45) is 5.92 Å². The molecule has 0 aliphatic carbocycles. The lowest BCUT2D eigenvalue weighted by Gasteiger charge is -2.19. The number of H-pyrrole nitrogens is 1. The highest BCUT2D eigenvalue weighted by Gasteiger charge is 2.17. The first-order valence-corrected chi connectivity index (χ1v) is 7.04. The van der Waals surface area contributed by atoms with Crippen molar-refractivity contribution in [3.63, 3.8) is 0 Å². The van der Waals surface area contributed by atoms with Crippen LogP contribution in [0.15, 0.2) is 6.20 Å². The number of hydrogen-bond donors (Lipinski definition) is 3. The minimum absolute atomic E-state index is 0.482. The Balaban J connectivity index is 2.48. The summed E-state index contributed by atoms with van der Waals surface area (Å²) in [6.07, 6.45) is 2.36. The molecular weight excluding hydrogens is 256 g/mol. The molecule has 3 N–H and O–H groups in total. The summed E-state index contributed by atoms with van der Waals surface area (Å²) in [6, 6.07) is 0. The molecule has 1 aromatic rings. The van der Waals surface area contributed by atoms with Crippen molar-refractivity contribution in [2.45, 2.75) is 53.2 Å². The summed E-state index contributed by atoms with van der Waals surface area (Å²) < 4.78 is 5.21. The van der Waals surface area contributed by atoms with E-state index in [1.807, 2.05) is 20.8 Å². The Labute approximate surface area is 120 Å². The smallest absolute Gasteiger partial charge is 0.413 e. The van der Waals surface area contributed by atoms with Gasteiger partial charge in [0.25, 0.3) is 0 Å². The Morgan fingerprint density at radius 1 is 1.50 bits per heavy atom. The largest absolute Gasteiger partial charge is 0.444 e. The molecule has 0 saturated carbocycles. The maximum atomic E-state index is 11.7. The Bertz CT molecular complexity index is 423. The van der Waals surface area contributed by atoms with Gasteiger partial charge in [0.2, 0.25) is 0 Å². The molecule has 0 aromatic carbocycles. The van der Waals surface area contributed by atoms with Gasteiger partial charge in [-0.3, -0.25) is 10.4 Å². The van der Waals surface area contributed by atoms with Gasteiger partial charge < -0.3 is 10.1 Å². The molecule has 20 heavy (non-hydrogen) atoms. The summed E-state index contributed by atoms with van der Waals surface area (Å²) in [4.78, 5) is 11.7. The lowest BCUT2D eigenvalue weighted by atomic mass is 10.1. The highest BCUT2D eigenvalue weighted by molar-refractivity contribution is 5.84. The molecule has 1 atom stereocenters. The third kappa shape index (κ3) is 6.06. The highest BCUT2D eigenvalue weighted by atomic mass is 16.6. The molecule has 0 aliphatic heterocycles. The second-order valence-electron chi connectivity index (χ2n) is 6.04. The number of carbonyl (C=O) groups excluding carboxylic acids is 1. The number of nitrogens with zero attached hydrogens (tertiary/aromatic N) is 1. The summed E-state index contributed by atoms with van der Waals surface area (Å²) >= 11 is 0. The second-order valence-corrected chi connectivity index (χ2v) is 6.04. The first-order valence-electron chi connectivity index (χ1n) is 7.04. The zero-order chi connectivity index (χ0) is 15.2. The maximum Gasteiger partial charge on any atom is 0.413 e. The fourth-order valence-electron chi connectivity index (χ4n) is 1.56. The summed E-state index contributed by atoms with van der Waals surface area (Å²) in [5.41, 5.74) is 0.401. The third-order valence-corrected chi connectivity index (χ3v) is 2.85. The second kappa shape index (κ2) is 7.28. The number of aromatic nitrogens is 2. The Morgan fingerprint density at radius 3 is 2.80 bits per heavy atom.